The molecule has 0 saturated heterocycles. The molecule has 6 heteroatoms. The first-order valence-electron chi connectivity index (χ1n) is 10.3. The summed E-state index contributed by atoms with van der Waals surface area (Å²) in [5, 5.41) is 2.59. The number of carbonyl (C=O) groups is 3. The number of anilines is 1. The molecule has 0 spiro atoms. The van der Waals surface area contributed by atoms with E-state index < -0.39 is 11.7 Å². The minimum Gasteiger partial charge on any atom is -0.497 e. The molecule has 0 saturated carbocycles. The number of Topliss-reactive ketones (excluding diaryl/α,β-unsaturated/α-hetero) is 1. The Balaban J connectivity index is 1.49. The Labute approximate surface area is 187 Å². The van der Waals surface area contributed by atoms with Gasteiger partial charge in [0.05, 0.1) is 14.2 Å². The van der Waals surface area contributed by atoms with Gasteiger partial charge in [0.25, 0.3) is 5.91 Å². The minimum atomic E-state index is -0.658. The van der Waals surface area contributed by atoms with Crippen LogP contribution in [0.1, 0.15) is 34.3 Å². The number of rotatable bonds is 10. The molecule has 32 heavy (non-hydrogen) atoms. The number of ether oxygens (including phenoxy) is 2. The predicted molar refractivity (Wildman–Crippen MR) is 122 cm³/mol. The fourth-order valence-corrected chi connectivity index (χ4v) is 3.17. The molecule has 6 nitrogen and oxygen atoms in total. The predicted octanol–water partition coefficient (Wildman–Crippen LogP) is 4.47. The summed E-state index contributed by atoms with van der Waals surface area (Å²) < 4.78 is 10.2. The van der Waals surface area contributed by atoms with E-state index in [4.69, 9.17) is 9.47 Å². The average Bonchev–Trinajstić information content (AvgIpc) is 2.84. The third kappa shape index (κ3) is 6.04. The summed E-state index contributed by atoms with van der Waals surface area (Å²) in [4.78, 5) is 36.9. The first-order valence-corrected chi connectivity index (χ1v) is 10.3. The molecule has 164 valence electrons. The highest BCUT2D eigenvalue weighted by Crippen LogP contribution is 2.17. The van der Waals surface area contributed by atoms with Crippen LogP contribution in [0.3, 0.4) is 0 Å². The van der Waals surface area contributed by atoms with Crippen LogP contribution < -0.4 is 14.8 Å². The highest BCUT2D eigenvalue weighted by atomic mass is 16.5. The second-order valence-corrected chi connectivity index (χ2v) is 7.21. The van der Waals surface area contributed by atoms with Crippen LogP contribution in [-0.4, -0.2) is 31.7 Å². The quantitative estimate of drug-likeness (QED) is 0.378. The first kappa shape index (κ1) is 22.7. The van der Waals surface area contributed by atoms with Gasteiger partial charge in [-0.25, -0.2) is 0 Å². The number of ketones is 2. The van der Waals surface area contributed by atoms with E-state index in [1.165, 1.54) is 0 Å². The lowest BCUT2D eigenvalue weighted by Crippen LogP contribution is -2.22. The molecule has 0 unspecified atom stereocenters. The van der Waals surface area contributed by atoms with Crippen LogP contribution in [-0.2, 0) is 16.0 Å². The van der Waals surface area contributed by atoms with Gasteiger partial charge >= 0.3 is 0 Å². The van der Waals surface area contributed by atoms with Crippen LogP contribution in [0.15, 0.2) is 72.8 Å². The van der Waals surface area contributed by atoms with Crippen molar-refractivity contribution >= 4 is 23.2 Å². The molecule has 0 fully saturated rings. The van der Waals surface area contributed by atoms with Gasteiger partial charge in [0.1, 0.15) is 11.5 Å². The smallest absolute Gasteiger partial charge is 0.291 e. The van der Waals surface area contributed by atoms with Crippen LogP contribution in [0.2, 0.25) is 0 Å². The largest absolute Gasteiger partial charge is 0.497 e. The maximum absolute atomic E-state index is 12.6. The topological polar surface area (TPSA) is 81.7 Å². The van der Waals surface area contributed by atoms with E-state index in [9.17, 15) is 14.4 Å². The van der Waals surface area contributed by atoms with Crippen LogP contribution in [0.5, 0.6) is 11.5 Å². The zero-order chi connectivity index (χ0) is 22.9. The molecule has 0 radical (unpaired) electrons. The number of hydrogen-bond donors (Lipinski definition) is 1. The summed E-state index contributed by atoms with van der Waals surface area (Å²) in [6.45, 7) is 0. The van der Waals surface area contributed by atoms with Crippen molar-refractivity contribution in [2.45, 2.75) is 19.3 Å². The van der Waals surface area contributed by atoms with Crippen LogP contribution in [0.25, 0.3) is 0 Å². The van der Waals surface area contributed by atoms with Gasteiger partial charge in [0.2, 0.25) is 5.78 Å². The summed E-state index contributed by atoms with van der Waals surface area (Å²) in [5.41, 5.74) is 2.56. The van der Waals surface area contributed by atoms with Crippen molar-refractivity contribution in [1.29, 1.82) is 0 Å². The Morgan fingerprint density at radius 1 is 0.719 bits per heavy atom. The van der Waals surface area contributed by atoms with E-state index in [-0.39, 0.29) is 12.2 Å². The number of amides is 1. The zero-order valence-electron chi connectivity index (χ0n) is 18.1. The molecule has 0 atom stereocenters. The second-order valence-electron chi connectivity index (χ2n) is 7.21. The summed E-state index contributed by atoms with van der Waals surface area (Å²) in [6.07, 6.45) is 1.44. The van der Waals surface area contributed by atoms with Gasteiger partial charge in [-0.3, -0.25) is 14.4 Å². The molecule has 0 aliphatic rings. The SMILES string of the molecule is COc1ccc(CCCC(=O)C(=O)Nc2ccc(C(=O)c3ccc(OC)cc3)cc2)cc1. The summed E-state index contributed by atoms with van der Waals surface area (Å²) in [6, 6.07) is 20.9. The third-order valence-electron chi connectivity index (χ3n) is 5.04. The standard InChI is InChI=1S/C26H25NO5/c1-31-22-14-6-18(7-15-22)4-3-5-24(28)26(30)27-21-12-8-19(9-13-21)25(29)20-10-16-23(32-2)17-11-20/h6-17H,3-5H2,1-2H3,(H,27,30). The highest BCUT2D eigenvalue weighted by Gasteiger charge is 2.14. The van der Waals surface area contributed by atoms with Gasteiger partial charge in [-0.2, -0.15) is 0 Å². The number of benzene rings is 3. The maximum atomic E-state index is 12.6. The molecular formula is C26H25NO5. The number of aryl methyl sites for hydroxylation is 1. The van der Waals surface area contributed by atoms with Gasteiger partial charge in [0.15, 0.2) is 5.78 Å². The fraction of sp³-hybridized carbons (Fsp3) is 0.192. The van der Waals surface area contributed by atoms with E-state index in [1.807, 2.05) is 24.3 Å². The van der Waals surface area contributed by atoms with Crippen LogP contribution in [0.4, 0.5) is 5.69 Å². The maximum Gasteiger partial charge on any atom is 0.291 e. The van der Waals surface area contributed by atoms with Gasteiger partial charge in [-0.05, 0) is 79.1 Å². The molecule has 0 bridgehead atoms. The van der Waals surface area contributed by atoms with Gasteiger partial charge < -0.3 is 14.8 Å². The molecule has 0 aliphatic heterocycles. The zero-order valence-corrected chi connectivity index (χ0v) is 18.1. The third-order valence-corrected chi connectivity index (χ3v) is 5.04. The van der Waals surface area contributed by atoms with Crippen LogP contribution >= 0.6 is 0 Å². The molecule has 1 N–H and O–H groups in total. The van der Waals surface area contributed by atoms with Crippen molar-refractivity contribution in [3.63, 3.8) is 0 Å². The van der Waals surface area contributed by atoms with Crippen molar-refractivity contribution in [2.24, 2.45) is 0 Å². The Bertz CT molecular complexity index is 1070. The fourth-order valence-electron chi connectivity index (χ4n) is 3.17. The molecule has 3 aromatic carbocycles. The van der Waals surface area contributed by atoms with Crippen molar-refractivity contribution in [2.75, 3.05) is 19.5 Å². The van der Waals surface area contributed by atoms with Gasteiger partial charge in [0, 0.05) is 23.2 Å². The monoisotopic (exact) mass is 431 g/mol. The van der Waals surface area contributed by atoms with Crippen molar-refractivity contribution in [3.05, 3.63) is 89.5 Å². The number of methoxy groups -OCH3 is 2. The molecule has 0 aliphatic carbocycles. The van der Waals surface area contributed by atoms with E-state index in [0.717, 1.165) is 11.3 Å². The van der Waals surface area contributed by atoms with Crippen LogP contribution in [0, 0.1) is 0 Å². The Hall–Kier alpha value is -3.93. The van der Waals surface area contributed by atoms with Gasteiger partial charge in [-0.15, -0.1) is 0 Å². The number of carbonyl (C=O) groups excluding carboxylic acids is 3. The lowest BCUT2D eigenvalue weighted by atomic mass is 10.0. The van der Waals surface area contributed by atoms with E-state index in [1.54, 1.807) is 62.8 Å². The average molecular weight is 431 g/mol. The van der Waals surface area contributed by atoms with Gasteiger partial charge in [-0.1, -0.05) is 12.1 Å². The molecule has 1 amide bonds. The second kappa shape index (κ2) is 10.9. The lowest BCUT2D eigenvalue weighted by molar-refractivity contribution is -0.134. The van der Waals surface area contributed by atoms with E-state index >= 15 is 0 Å². The molecular weight excluding hydrogens is 406 g/mol. The summed E-state index contributed by atoms with van der Waals surface area (Å²) >= 11 is 0. The normalized spacial score (nSPS) is 10.3. The molecule has 3 aromatic rings. The lowest BCUT2D eigenvalue weighted by Gasteiger charge is -2.07. The first-order chi connectivity index (χ1) is 15.5. The number of nitrogens with one attached hydrogen (secondary N) is 1. The Morgan fingerprint density at radius 3 is 1.75 bits per heavy atom. The summed E-state index contributed by atoms with van der Waals surface area (Å²) in [5.74, 6) is 0.181. The van der Waals surface area contributed by atoms with Crippen molar-refractivity contribution in [3.8, 4) is 11.5 Å². The van der Waals surface area contributed by atoms with E-state index in [0.29, 0.717) is 35.4 Å². The number of hydrogen-bond acceptors (Lipinski definition) is 5. The molecule has 0 aromatic heterocycles. The molecule has 3 rings (SSSR count). The summed E-state index contributed by atoms with van der Waals surface area (Å²) in [7, 11) is 3.17. The van der Waals surface area contributed by atoms with E-state index in [2.05, 4.69) is 5.32 Å². The minimum absolute atomic E-state index is 0.139. The highest BCUT2D eigenvalue weighted by molar-refractivity contribution is 6.40. The Kier molecular flexibility index (Phi) is 7.75. The van der Waals surface area contributed by atoms with Crippen molar-refractivity contribution < 1.29 is 23.9 Å². The molecule has 0 heterocycles. The Morgan fingerprint density at radius 2 is 1.22 bits per heavy atom. The van der Waals surface area contributed by atoms with Crippen molar-refractivity contribution in [1.82, 2.24) is 0 Å².